The molecule has 1 saturated heterocycles. The molecule has 1 heterocycles. The van der Waals surface area contributed by atoms with Crippen LogP contribution in [0.3, 0.4) is 0 Å². The second kappa shape index (κ2) is 7.84. The van der Waals surface area contributed by atoms with Crippen molar-refractivity contribution in [3.63, 3.8) is 0 Å². The molecule has 1 aromatic rings. The van der Waals surface area contributed by atoms with Gasteiger partial charge in [-0.15, -0.1) is 24.0 Å². The molecule has 0 saturated carbocycles. The molecule has 2 N–H and O–H groups in total. The van der Waals surface area contributed by atoms with Gasteiger partial charge in [0.05, 0.1) is 6.54 Å². The third kappa shape index (κ3) is 4.65. The van der Waals surface area contributed by atoms with E-state index in [9.17, 15) is 0 Å². The highest BCUT2D eigenvalue weighted by atomic mass is 127. The second-order valence-corrected chi connectivity index (χ2v) is 4.79. The van der Waals surface area contributed by atoms with Crippen LogP contribution in [0.15, 0.2) is 29.3 Å². The van der Waals surface area contributed by atoms with Crippen LogP contribution in [0, 0.1) is 0 Å². The van der Waals surface area contributed by atoms with Crippen molar-refractivity contribution >= 4 is 41.5 Å². The molecule has 0 unspecified atom stereocenters. The average molecular weight is 380 g/mol. The summed E-state index contributed by atoms with van der Waals surface area (Å²) in [6.07, 6.45) is 3.75. The third-order valence-corrected chi connectivity index (χ3v) is 3.27. The van der Waals surface area contributed by atoms with Crippen LogP contribution < -0.4 is 5.73 Å². The number of hydrogen-bond acceptors (Lipinski definition) is 1. The van der Waals surface area contributed by atoms with E-state index in [-0.39, 0.29) is 24.0 Å². The van der Waals surface area contributed by atoms with Gasteiger partial charge in [0.25, 0.3) is 0 Å². The Morgan fingerprint density at radius 3 is 2.39 bits per heavy atom. The molecule has 0 atom stereocenters. The predicted octanol–water partition coefficient (Wildman–Crippen LogP) is 3.26. The number of hydrogen-bond donors (Lipinski definition) is 1. The quantitative estimate of drug-likeness (QED) is 0.487. The standard InChI is InChI=1S/C13H18ClN3.HI/c14-12-6-4-11(5-7-12)10-16-13(15)17-8-2-1-3-9-17;/h4-7H,1-3,8-10H2,(H2,15,16);1H. The summed E-state index contributed by atoms with van der Waals surface area (Å²) < 4.78 is 0. The molecule has 0 aliphatic carbocycles. The number of likely N-dealkylation sites (tertiary alicyclic amines) is 1. The molecule has 1 aliphatic rings. The van der Waals surface area contributed by atoms with E-state index in [0.29, 0.717) is 12.5 Å². The molecule has 100 valence electrons. The van der Waals surface area contributed by atoms with E-state index in [4.69, 9.17) is 17.3 Å². The zero-order valence-electron chi connectivity index (χ0n) is 10.3. The van der Waals surface area contributed by atoms with Gasteiger partial charge in [-0.3, -0.25) is 0 Å². The predicted molar refractivity (Wildman–Crippen MR) is 87.6 cm³/mol. The van der Waals surface area contributed by atoms with E-state index in [1.54, 1.807) is 0 Å². The molecule has 0 bridgehead atoms. The van der Waals surface area contributed by atoms with Crippen molar-refractivity contribution in [2.45, 2.75) is 25.8 Å². The molecule has 0 spiro atoms. The number of guanidine groups is 1. The van der Waals surface area contributed by atoms with E-state index in [1.807, 2.05) is 24.3 Å². The molecule has 3 nitrogen and oxygen atoms in total. The highest BCUT2D eigenvalue weighted by molar-refractivity contribution is 14.0. The number of piperidine rings is 1. The molecule has 1 fully saturated rings. The maximum absolute atomic E-state index is 5.98. The summed E-state index contributed by atoms with van der Waals surface area (Å²) in [6.45, 7) is 2.70. The van der Waals surface area contributed by atoms with Crippen LogP contribution in [0.1, 0.15) is 24.8 Å². The summed E-state index contributed by atoms with van der Waals surface area (Å²) in [5, 5.41) is 0.752. The van der Waals surface area contributed by atoms with Crippen molar-refractivity contribution in [2.24, 2.45) is 10.7 Å². The molecule has 0 radical (unpaired) electrons. The lowest BCUT2D eigenvalue weighted by molar-refractivity contribution is 0.338. The number of aliphatic imine (C=N–C) groups is 1. The van der Waals surface area contributed by atoms with Gasteiger partial charge in [-0.05, 0) is 37.0 Å². The summed E-state index contributed by atoms with van der Waals surface area (Å²) in [5.74, 6) is 0.666. The Morgan fingerprint density at radius 1 is 1.17 bits per heavy atom. The normalized spacial score (nSPS) is 16.3. The summed E-state index contributed by atoms with van der Waals surface area (Å²) in [5.41, 5.74) is 7.11. The van der Waals surface area contributed by atoms with Gasteiger partial charge in [-0.2, -0.15) is 0 Å². The van der Waals surface area contributed by atoms with E-state index in [1.165, 1.54) is 19.3 Å². The number of rotatable bonds is 2. The van der Waals surface area contributed by atoms with Crippen LogP contribution in [0.2, 0.25) is 5.02 Å². The van der Waals surface area contributed by atoms with Crippen molar-refractivity contribution in [1.29, 1.82) is 0 Å². The van der Waals surface area contributed by atoms with Gasteiger partial charge in [0, 0.05) is 18.1 Å². The van der Waals surface area contributed by atoms with Gasteiger partial charge in [0.2, 0.25) is 0 Å². The van der Waals surface area contributed by atoms with Gasteiger partial charge in [0.15, 0.2) is 5.96 Å². The minimum absolute atomic E-state index is 0. The topological polar surface area (TPSA) is 41.6 Å². The summed E-state index contributed by atoms with van der Waals surface area (Å²) in [6, 6.07) is 7.72. The highest BCUT2D eigenvalue weighted by Crippen LogP contribution is 2.11. The molecular formula is C13H19ClIN3. The van der Waals surface area contributed by atoms with E-state index >= 15 is 0 Å². The Morgan fingerprint density at radius 2 is 1.78 bits per heavy atom. The summed E-state index contributed by atoms with van der Waals surface area (Å²) in [7, 11) is 0. The number of halogens is 2. The highest BCUT2D eigenvalue weighted by Gasteiger charge is 2.11. The Bertz CT molecular complexity index is 386. The molecule has 2 rings (SSSR count). The second-order valence-electron chi connectivity index (χ2n) is 4.35. The van der Waals surface area contributed by atoms with E-state index in [0.717, 1.165) is 23.7 Å². The molecular weight excluding hydrogens is 361 g/mol. The maximum Gasteiger partial charge on any atom is 0.191 e. The van der Waals surface area contributed by atoms with E-state index in [2.05, 4.69) is 9.89 Å². The first-order chi connectivity index (χ1) is 8.25. The van der Waals surface area contributed by atoms with Gasteiger partial charge in [-0.1, -0.05) is 23.7 Å². The lowest BCUT2D eigenvalue weighted by Gasteiger charge is -2.27. The smallest absolute Gasteiger partial charge is 0.191 e. The largest absolute Gasteiger partial charge is 0.370 e. The first-order valence-corrected chi connectivity index (χ1v) is 6.43. The Labute approximate surface area is 130 Å². The van der Waals surface area contributed by atoms with Crippen LogP contribution >= 0.6 is 35.6 Å². The minimum atomic E-state index is 0. The van der Waals surface area contributed by atoms with Crippen LogP contribution in [0.4, 0.5) is 0 Å². The van der Waals surface area contributed by atoms with Crippen LogP contribution in [-0.4, -0.2) is 23.9 Å². The van der Waals surface area contributed by atoms with Crippen molar-refractivity contribution in [3.8, 4) is 0 Å². The molecule has 0 aromatic heterocycles. The Hall–Kier alpha value is -0.490. The van der Waals surface area contributed by atoms with Gasteiger partial charge < -0.3 is 10.6 Å². The molecule has 1 aromatic carbocycles. The first kappa shape index (κ1) is 15.6. The molecule has 0 amide bonds. The zero-order chi connectivity index (χ0) is 12.1. The summed E-state index contributed by atoms with van der Waals surface area (Å²) >= 11 is 5.83. The van der Waals surface area contributed by atoms with Gasteiger partial charge in [0.1, 0.15) is 0 Å². The van der Waals surface area contributed by atoms with Crippen molar-refractivity contribution < 1.29 is 0 Å². The van der Waals surface area contributed by atoms with Gasteiger partial charge in [-0.25, -0.2) is 4.99 Å². The van der Waals surface area contributed by atoms with Gasteiger partial charge >= 0.3 is 0 Å². The summed E-state index contributed by atoms with van der Waals surface area (Å²) in [4.78, 5) is 6.59. The molecule has 5 heteroatoms. The number of benzene rings is 1. The van der Waals surface area contributed by atoms with Crippen LogP contribution in [0.25, 0.3) is 0 Å². The third-order valence-electron chi connectivity index (χ3n) is 3.02. The van der Waals surface area contributed by atoms with Crippen LogP contribution in [-0.2, 0) is 6.54 Å². The fourth-order valence-corrected chi connectivity index (χ4v) is 2.11. The van der Waals surface area contributed by atoms with Crippen molar-refractivity contribution in [1.82, 2.24) is 4.90 Å². The maximum atomic E-state index is 5.98. The Balaban J connectivity index is 0.00000162. The monoisotopic (exact) mass is 379 g/mol. The zero-order valence-corrected chi connectivity index (χ0v) is 13.4. The molecule has 1 aliphatic heterocycles. The fraction of sp³-hybridized carbons (Fsp3) is 0.462. The first-order valence-electron chi connectivity index (χ1n) is 6.05. The molecule has 18 heavy (non-hydrogen) atoms. The SMILES string of the molecule is I.NC(=NCc1ccc(Cl)cc1)N1CCCCC1. The van der Waals surface area contributed by atoms with Crippen molar-refractivity contribution in [3.05, 3.63) is 34.9 Å². The average Bonchev–Trinajstić information content (AvgIpc) is 2.39. The Kier molecular flexibility index (Phi) is 6.78. The van der Waals surface area contributed by atoms with Crippen LogP contribution in [0.5, 0.6) is 0 Å². The fourth-order valence-electron chi connectivity index (χ4n) is 1.99. The number of nitrogens with zero attached hydrogens (tertiary/aromatic N) is 2. The lowest BCUT2D eigenvalue weighted by atomic mass is 10.1. The lowest BCUT2D eigenvalue weighted by Crippen LogP contribution is -2.40. The minimum Gasteiger partial charge on any atom is -0.370 e. The van der Waals surface area contributed by atoms with E-state index < -0.39 is 0 Å². The number of nitrogens with two attached hydrogens (primary N) is 1. The van der Waals surface area contributed by atoms with Crippen molar-refractivity contribution in [2.75, 3.05) is 13.1 Å².